The van der Waals surface area contributed by atoms with Crippen molar-refractivity contribution in [1.29, 1.82) is 0 Å². The molecule has 102 valence electrons. The van der Waals surface area contributed by atoms with Gasteiger partial charge in [0.1, 0.15) is 10.5 Å². The van der Waals surface area contributed by atoms with Gasteiger partial charge in [0.05, 0.1) is 0 Å². The van der Waals surface area contributed by atoms with Crippen LogP contribution in [0, 0.1) is 0 Å². The number of hydrogen-bond acceptors (Lipinski definition) is 4. The van der Waals surface area contributed by atoms with Crippen LogP contribution in [-0.2, 0) is 13.7 Å². The number of aliphatic carboxylic acids is 1. The molecular weight excluding hydrogens is 270 g/mol. The van der Waals surface area contributed by atoms with Crippen molar-refractivity contribution in [2.45, 2.75) is 6.42 Å². The average Bonchev–Trinajstić information content (AvgIpc) is 2.32. The van der Waals surface area contributed by atoms with E-state index in [1.165, 1.54) is 16.7 Å². The molecule has 6 nitrogen and oxygen atoms in total. The van der Waals surface area contributed by atoms with Crippen LogP contribution in [0.2, 0.25) is 0 Å². The van der Waals surface area contributed by atoms with Crippen LogP contribution in [0.4, 0.5) is 0 Å². The van der Waals surface area contributed by atoms with Crippen molar-refractivity contribution >= 4 is 31.4 Å². The molecule has 0 rings (SSSR count). The Hall–Kier alpha value is -1.23. The summed E-state index contributed by atoms with van der Waals surface area (Å²) < 4.78 is 5.31. The largest absolute Gasteiger partial charge is 0.478 e. The summed E-state index contributed by atoms with van der Waals surface area (Å²) in [5.41, 5.74) is 3.30. The zero-order valence-electron chi connectivity index (χ0n) is 10.8. The maximum Gasteiger partial charge on any atom is 0.331 e. The fraction of sp³-hybridized carbons (Fsp3) is 0.400. The van der Waals surface area contributed by atoms with E-state index in [2.05, 4.69) is 0 Å². The van der Waals surface area contributed by atoms with E-state index >= 15 is 0 Å². The summed E-state index contributed by atoms with van der Waals surface area (Å²) in [6.07, 6.45) is 1.48. The molecule has 0 fully saturated rings. The first-order valence-corrected chi connectivity index (χ1v) is 8.01. The Morgan fingerprint density at radius 2 is 2.06 bits per heavy atom. The van der Waals surface area contributed by atoms with Crippen molar-refractivity contribution in [3.05, 3.63) is 23.0 Å². The second-order valence-corrected chi connectivity index (χ2v) is 7.30. The summed E-state index contributed by atoms with van der Waals surface area (Å²) in [5.74, 6) is -1.23. The second kappa shape index (κ2) is 8.81. The number of aliphatic hydroxyl groups is 1. The lowest BCUT2D eigenvalue weighted by molar-refractivity contribution is -0.133. The Labute approximate surface area is 111 Å². The molecule has 0 saturated carbocycles. The molecule has 1 unspecified atom stereocenters. The Morgan fingerprint density at radius 1 is 1.44 bits per heavy atom. The maximum absolute atomic E-state index is 11.3. The van der Waals surface area contributed by atoms with Crippen molar-refractivity contribution in [2.24, 2.45) is 0 Å². The molecule has 0 spiro atoms. The van der Waals surface area contributed by atoms with Crippen LogP contribution in [0.5, 0.6) is 0 Å². The molecule has 0 saturated heterocycles. The normalized spacial score (nSPS) is 13.8. The second-order valence-electron chi connectivity index (χ2n) is 3.76. The smallest absolute Gasteiger partial charge is 0.331 e. The third-order valence-electron chi connectivity index (χ3n) is 2.16. The fourth-order valence-corrected chi connectivity index (χ4v) is 3.45. The first-order valence-electron chi connectivity index (χ1n) is 5.39. The summed E-state index contributed by atoms with van der Waals surface area (Å²) >= 11 is 0. The number of likely N-dealkylation sites (N-methyl/N-ethyl adjacent to an activating group) is 1. The number of hydrogen-bond donors (Lipinski definition) is 2. The van der Waals surface area contributed by atoms with Crippen molar-refractivity contribution in [2.75, 3.05) is 20.7 Å². The lowest BCUT2D eigenvalue weighted by Gasteiger charge is -2.08. The van der Waals surface area contributed by atoms with E-state index in [-0.39, 0.29) is 24.5 Å². The lowest BCUT2D eigenvalue weighted by Crippen LogP contribution is -2.21. The summed E-state index contributed by atoms with van der Waals surface area (Å²) in [6.45, 7) is -0.221. The van der Waals surface area contributed by atoms with Gasteiger partial charge >= 0.3 is 5.97 Å². The molecule has 2 N–H and O–H groups in total. The minimum Gasteiger partial charge on any atom is -0.478 e. The van der Waals surface area contributed by atoms with Crippen molar-refractivity contribution < 1.29 is 23.9 Å². The molecule has 0 aromatic rings. The quantitative estimate of drug-likeness (QED) is 0.423. The van der Waals surface area contributed by atoms with Crippen LogP contribution in [-0.4, -0.2) is 67.2 Å². The van der Waals surface area contributed by atoms with E-state index in [0.717, 1.165) is 0 Å². The Balaban J connectivity index is 4.81. The first kappa shape index (κ1) is 16.8. The SMILES string of the molecule is CN(C)C(=O)C=C[SiH](C=C(CCO)C(=O)O)O[SiH3]. The molecule has 0 aliphatic carbocycles. The maximum atomic E-state index is 11.3. The number of carboxylic acid groups (broad SMARTS) is 1. The van der Waals surface area contributed by atoms with Crippen LogP contribution in [0.1, 0.15) is 6.42 Å². The lowest BCUT2D eigenvalue weighted by atomic mass is 10.2. The first-order chi connectivity index (χ1) is 8.42. The highest BCUT2D eigenvalue weighted by Gasteiger charge is 2.11. The molecular formula is C10H19NO5Si2. The molecule has 0 bridgehead atoms. The number of rotatable bonds is 7. The van der Waals surface area contributed by atoms with Crippen molar-refractivity contribution in [1.82, 2.24) is 4.90 Å². The number of carbonyl (C=O) groups excluding carboxylic acids is 1. The Bertz CT molecular complexity index is 354. The molecule has 0 heterocycles. The number of carbonyl (C=O) groups is 2. The Kier molecular flexibility index (Phi) is 8.21. The number of amides is 1. The monoisotopic (exact) mass is 289 g/mol. The van der Waals surface area contributed by atoms with E-state index in [1.807, 2.05) is 0 Å². The van der Waals surface area contributed by atoms with Gasteiger partial charge in [0, 0.05) is 32.7 Å². The van der Waals surface area contributed by atoms with Gasteiger partial charge in [-0.15, -0.1) is 0 Å². The predicted octanol–water partition coefficient (Wildman–Crippen LogP) is -1.88. The fourth-order valence-electron chi connectivity index (χ4n) is 1.11. The van der Waals surface area contributed by atoms with Crippen LogP contribution in [0.25, 0.3) is 0 Å². The zero-order valence-corrected chi connectivity index (χ0v) is 13.9. The summed E-state index contributed by atoms with van der Waals surface area (Å²) in [6, 6.07) is 0. The summed E-state index contributed by atoms with van der Waals surface area (Å²) in [7, 11) is 1.76. The topological polar surface area (TPSA) is 87.1 Å². The molecule has 0 aliphatic rings. The number of carboxylic acids is 1. The number of aliphatic hydroxyl groups excluding tert-OH is 1. The molecule has 0 aliphatic heterocycles. The van der Waals surface area contributed by atoms with Crippen LogP contribution >= 0.6 is 0 Å². The molecule has 1 amide bonds. The third kappa shape index (κ3) is 6.49. The van der Waals surface area contributed by atoms with Crippen LogP contribution in [0.15, 0.2) is 23.0 Å². The standard InChI is InChI=1S/C10H19NO5Si2/c1-11(2)9(13)4-6-18(16-17)7-8(3-5-12)10(14)15/h4,6-7,12,18H,3,5H2,1-2,17H3,(H,14,15). The highest BCUT2D eigenvalue weighted by molar-refractivity contribution is 6.66. The van der Waals surface area contributed by atoms with Crippen molar-refractivity contribution in [3.8, 4) is 0 Å². The van der Waals surface area contributed by atoms with Crippen LogP contribution in [0.3, 0.4) is 0 Å². The third-order valence-corrected chi connectivity index (χ3v) is 5.64. The van der Waals surface area contributed by atoms with Gasteiger partial charge in [-0.1, -0.05) is 11.4 Å². The van der Waals surface area contributed by atoms with E-state index in [0.29, 0.717) is 10.5 Å². The molecule has 0 radical (unpaired) electrons. The van der Waals surface area contributed by atoms with E-state index in [9.17, 15) is 9.59 Å². The predicted molar refractivity (Wildman–Crippen MR) is 73.4 cm³/mol. The van der Waals surface area contributed by atoms with Gasteiger partial charge in [0.25, 0.3) is 0 Å². The molecule has 1 atom stereocenters. The highest BCUT2D eigenvalue weighted by Crippen LogP contribution is 2.04. The van der Waals surface area contributed by atoms with E-state index in [4.69, 9.17) is 14.3 Å². The highest BCUT2D eigenvalue weighted by atomic mass is 28.3. The van der Waals surface area contributed by atoms with E-state index < -0.39 is 15.0 Å². The van der Waals surface area contributed by atoms with E-state index in [1.54, 1.807) is 19.8 Å². The molecule has 0 aromatic carbocycles. The number of nitrogens with zero attached hydrogens (tertiary/aromatic N) is 1. The minimum atomic E-state index is -1.98. The van der Waals surface area contributed by atoms with Crippen LogP contribution < -0.4 is 0 Å². The van der Waals surface area contributed by atoms with Crippen molar-refractivity contribution in [3.63, 3.8) is 0 Å². The van der Waals surface area contributed by atoms with Gasteiger partial charge in [0.2, 0.25) is 14.9 Å². The molecule has 18 heavy (non-hydrogen) atoms. The van der Waals surface area contributed by atoms with Gasteiger partial charge < -0.3 is 19.2 Å². The average molecular weight is 289 g/mol. The van der Waals surface area contributed by atoms with Gasteiger partial charge in [0.15, 0.2) is 0 Å². The zero-order chi connectivity index (χ0) is 14.1. The van der Waals surface area contributed by atoms with Gasteiger partial charge in [-0.3, -0.25) is 4.79 Å². The van der Waals surface area contributed by atoms with Gasteiger partial charge in [-0.25, -0.2) is 4.79 Å². The molecule has 8 heteroatoms. The molecule has 0 aromatic heterocycles. The van der Waals surface area contributed by atoms with Gasteiger partial charge in [-0.2, -0.15) is 0 Å². The Morgan fingerprint density at radius 3 is 2.44 bits per heavy atom. The van der Waals surface area contributed by atoms with Gasteiger partial charge in [-0.05, 0) is 6.08 Å². The summed E-state index contributed by atoms with van der Waals surface area (Å²) in [5, 5.41) is 17.7. The summed E-state index contributed by atoms with van der Waals surface area (Å²) in [4.78, 5) is 23.7. The minimum absolute atomic E-state index is 0.0826.